The Kier molecular flexibility index (Phi) is 10.5. The van der Waals surface area contributed by atoms with Crippen LogP contribution in [-0.4, -0.2) is 0 Å². The molecule has 0 nitrogen and oxygen atoms in total. The van der Waals surface area contributed by atoms with E-state index in [0.29, 0.717) is 10.8 Å². The van der Waals surface area contributed by atoms with E-state index < -0.39 is 0 Å². The Morgan fingerprint density at radius 2 is 0.800 bits per heavy atom. The van der Waals surface area contributed by atoms with Crippen molar-refractivity contribution in [1.29, 1.82) is 0 Å². The van der Waals surface area contributed by atoms with Gasteiger partial charge in [-0.1, -0.05) is 65.5 Å². The van der Waals surface area contributed by atoms with Crippen LogP contribution in [0, 0.1) is 45.3 Å². The van der Waals surface area contributed by atoms with E-state index in [2.05, 4.69) is 94.9 Å². The first-order valence-electron chi connectivity index (χ1n) is 9.97. The van der Waals surface area contributed by atoms with Gasteiger partial charge in [-0.15, -0.1) is 0 Å². The van der Waals surface area contributed by atoms with E-state index in [4.69, 9.17) is 0 Å². The highest BCUT2D eigenvalue weighted by molar-refractivity contribution is 5.12. The lowest BCUT2D eigenvalue weighted by Crippen LogP contribution is -2.16. The molecule has 1 rings (SSSR count). The molecular formula is C25H48. The van der Waals surface area contributed by atoms with Crippen molar-refractivity contribution >= 4 is 0 Å². The zero-order valence-electron chi connectivity index (χ0n) is 20.0. The van der Waals surface area contributed by atoms with Crippen molar-refractivity contribution in [2.45, 2.75) is 103 Å². The summed E-state index contributed by atoms with van der Waals surface area (Å²) in [6, 6.07) is 0. The standard InChI is InChI=1S/C11H22.C10H18.C4H8/c1-10(2,3)8-7-9(8)11(4,5)6;1-9(2,3)7-8-10(4,5)6;1-3-4-2/h8-9H,7H2,1-6H3;1-6H3;3-4H,1-2H3. The molecule has 0 N–H and O–H groups in total. The van der Waals surface area contributed by atoms with Crippen LogP contribution >= 0.6 is 0 Å². The van der Waals surface area contributed by atoms with Gasteiger partial charge in [-0.25, -0.2) is 0 Å². The predicted molar refractivity (Wildman–Crippen MR) is 118 cm³/mol. The molecule has 25 heavy (non-hydrogen) atoms. The lowest BCUT2D eigenvalue weighted by Gasteiger charge is -2.24. The minimum atomic E-state index is 0.146. The third-order valence-corrected chi connectivity index (χ3v) is 4.16. The minimum Gasteiger partial charge on any atom is -0.0968 e. The van der Waals surface area contributed by atoms with E-state index in [1.165, 1.54) is 6.42 Å². The fourth-order valence-corrected chi connectivity index (χ4v) is 2.48. The monoisotopic (exact) mass is 348 g/mol. The maximum Gasteiger partial charge on any atom is 0.0230 e. The third-order valence-electron chi connectivity index (χ3n) is 4.16. The van der Waals surface area contributed by atoms with E-state index in [0.717, 1.165) is 11.8 Å². The van der Waals surface area contributed by atoms with E-state index in [-0.39, 0.29) is 10.8 Å². The summed E-state index contributed by atoms with van der Waals surface area (Å²) in [5.41, 5.74) is 1.37. The lowest BCUT2D eigenvalue weighted by atomic mass is 9.81. The molecule has 0 aromatic carbocycles. The number of rotatable bonds is 0. The van der Waals surface area contributed by atoms with Gasteiger partial charge in [-0.3, -0.25) is 0 Å². The molecule has 0 aromatic heterocycles. The lowest BCUT2D eigenvalue weighted by molar-refractivity contribution is 0.254. The Morgan fingerprint density at radius 3 is 0.880 bits per heavy atom. The highest BCUT2D eigenvalue weighted by Crippen LogP contribution is 2.58. The fraction of sp³-hybridized carbons (Fsp3) is 0.840. The van der Waals surface area contributed by atoms with Gasteiger partial charge in [0.15, 0.2) is 0 Å². The summed E-state index contributed by atoms with van der Waals surface area (Å²) in [6.45, 7) is 31.0. The van der Waals surface area contributed by atoms with Crippen molar-refractivity contribution in [3.63, 3.8) is 0 Å². The van der Waals surface area contributed by atoms with Crippen LogP contribution < -0.4 is 0 Å². The predicted octanol–water partition coefficient (Wildman–Crippen LogP) is 8.38. The van der Waals surface area contributed by atoms with Gasteiger partial charge in [0.25, 0.3) is 0 Å². The van der Waals surface area contributed by atoms with E-state index in [9.17, 15) is 0 Å². The van der Waals surface area contributed by atoms with Gasteiger partial charge in [0.2, 0.25) is 0 Å². The summed E-state index contributed by atoms with van der Waals surface area (Å²) < 4.78 is 0. The minimum absolute atomic E-state index is 0.146. The van der Waals surface area contributed by atoms with Crippen molar-refractivity contribution in [3.05, 3.63) is 12.2 Å². The highest BCUT2D eigenvalue weighted by atomic mass is 14.5. The zero-order valence-corrected chi connectivity index (χ0v) is 20.0. The Hall–Kier alpha value is -0.700. The van der Waals surface area contributed by atoms with Crippen molar-refractivity contribution in [3.8, 4) is 11.8 Å². The van der Waals surface area contributed by atoms with Crippen LogP contribution in [0.2, 0.25) is 0 Å². The van der Waals surface area contributed by atoms with Crippen molar-refractivity contribution in [1.82, 2.24) is 0 Å². The molecule has 148 valence electrons. The SMILES string of the molecule is CC(C)(C)C#CC(C)(C)C.CC(C)(C)C1CC1C(C)(C)C.CC=CC. The molecule has 0 spiro atoms. The molecule has 1 aliphatic carbocycles. The summed E-state index contributed by atoms with van der Waals surface area (Å²) in [7, 11) is 0. The molecule has 1 fully saturated rings. The molecule has 1 saturated carbocycles. The Labute approximate surface area is 161 Å². The van der Waals surface area contributed by atoms with Gasteiger partial charge in [0.05, 0.1) is 0 Å². The molecule has 0 aliphatic heterocycles. The number of allylic oxidation sites excluding steroid dienone is 2. The van der Waals surface area contributed by atoms with Gasteiger partial charge in [-0.05, 0) is 84.5 Å². The molecule has 0 bridgehead atoms. The zero-order chi connectivity index (χ0) is 20.7. The second-order valence-electron chi connectivity index (χ2n) is 11.6. The van der Waals surface area contributed by atoms with Gasteiger partial charge < -0.3 is 0 Å². The first-order valence-corrected chi connectivity index (χ1v) is 9.97. The topological polar surface area (TPSA) is 0 Å². The maximum absolute atomic E-state index is 3.21. The second kappa shape index (κ2) is 9.85. The van der Waals surface area contributed by atoms with Crippen LogP contribution in [0.3, 0.4) is 0 Å². The Bertz CT molecular complexity index is 398. The van der Waals surface area contributed by atoms with Crippen molar-refractivity contribution < 1.29 is 0 Å². The molecule has 0 heteroatoms. The largest absolute Gasteiger partial charge is 0.0968 e. The van der Waals surface area contributed by atoms with Crippen LogP contribution in [0.1, 0.15) is 103 Å². The number of hydrogen-bond acceptors (Lipinski definition) is 0. The molecule has 2 unspecified atom stereocenters. The molecule has 0 aromatic rings. The molecule has 0 heterocycles. The van der Waals surface area contributed by atoms with Gasteiger partial charge in [0.1, 0.15) is 0 Å². The van der Waals surface area contributed by atoms with Crippen LogP contribution in [-0.2, 0) is 0 Å². The Balaban J connectivity index is 0. The molecule has 0 radical (unpaired) electrons. The van der Waals surface area contributed by atoms with Crippen LogP contribution in [0.4, 0.5) is 0 Å². The summed E-state index contributed by atoms with van der Waals surface area (Å²) in [5.74, 6) is 8.37. The van der Waals surface area contributed by atoms with Crippen LogP contribution in [0.25, 0.3) is 0 Å². The molecule has 1 aliphatic rings. The maximum atomic E-state index is 3.21. The van der Waals surface area contributed by atoms with Crippen molar-refractivity contribution in [2.24, 2.45) is 33.5 Å². The van der Waals surface area contributed by atoms with Crippen LogP contribution in [0.15, 0.2) is 12.2 Å². The van der Waals surface area contributed by atoms with Crippen molar-refractivity contribution in [2.75, 3.05) is 0 Å². The quantitative estimate of drug-likeness (QED) is 0.304. The average molecular weight is 349 g/mol. The Morgan fingerprint density at radius 1 is 0.560 bits per heavy atom. The van der Waals surface area contributed by atoms with Crippen LogP contribution in [0.5, 0.6) is 0 Å². The van der Waals surface area contributed by atoms with Gasteiger partial charge in [0, 0.05) is 10.8 Å². The molecule has 0 saturated heterocycles. The summed E-state index contributed by atoms with van der Waals surface area (Å²) in [4.78, 5) is 0. The first-order chi connectivity index (χ1) is 10.8. The molecule has 2 atom stereocenters. The fourth-order valence-electron chi connectivity index (χ4n) is 2.48. The molecular weight excluding hydrogens is 300 g/mol. The van der Waals surface area contributed by atoms with E-state index >= 15 is 0 Å². The summed E-state index contributed by atoms with van der Waals surface area (Å²) in [6.07, 6.45) is 5.45. The summed E-state index contributed by atoms with van der Waals surface area (Å²) in [5, 5.41) is 0. The van der Waals surface area contributed by atoms with E-state index in [1.54, 1.807) is 0 Å². The first kappa shape index (κ1) is 26.5. The summed E-state index contributed by atoms with van der Waals surface area (Å²) >= 11 is 0. The molecule has 0 amide bonds. The third kappa shape index (κ3) is 16.5. The second-order valence-corrected chi connectivity index (χ2v) is 11.6. The highest BCUT2D eigenvalue weighted by Gasteiger charge is 2.50. The van der Waals surface area contributed by atoms with Gasteiger partial charge in [-0.2, -0.15) is 0 Å². The van der Waals surface area contributed by atoms with Gasteiger partial charge >= 0.3 is 0 Å². The smallest absolute Gasteiger partial charge is 0.0230 e. The normalized spacial score (nSPS) is 20.6. The number of hydrogen-bond donors (Lipinski definition) is 0. The average Bonchev–Trinajstić information content (AvgIpc) is 3.15. The van der Waals surface area contributed by atoms with E-state index in [1.807, 2.05) is 26.0 Å².